The fourth-order valence-electron chi connectivity index (χ4n) is 2.00. The van der Waals surface area contributed by atoms with Gasteiger partial charge in [0.1, 0.15) is 5.01 Å². The molecule has 0 unspecified atom stereocenters. The van der Waals surface area contributed by atoms with E-state index in [9.17, 15) is 4.79 Å². The van der Waals surface area contributed by atoms with E-state index < -0.39 is 5.97 Å². The largest absolute Gasteiger partial charge is 0.465 e. The number of carbonyl (C=O) groups excluding carboxylic acids is 1. The van der Waals surface area contributed by atoms with Crippen molar-refractivity contribution in [1.29, 1.82) is 0 Å². The predicted octanol–water partition coefficient (Wildman–Crippen LogP) is 4.11. The second kappa shape index (κ2) is 5.42. The fourth-order valence-corrected chi connectivity index (χ4v) is 3.20. The first-order valence-electron chi connectivity index (χ1n) is 6.21. The van der Waals surface area contributed by atoms with Crippen LogP contribution in [-0.4, -0.2) is 23.0 Å². The van der Waals surface area contributed by atoms with Gasteiger partial charge in [-0.25, -0.2) is 9.78 Å². The number of hydrogen-bond donors (Lipinski definition) is 0. The van der Waals surface area contributed by atoms with Crippen molar-refractivity contribution in [2.45, 2.75) is 6.92 Å². The Morgan fingerprint density at radius 2 is 2.05 bits per heavy atom. The zero-order valence-electron chi connectivity index (χ0n) is 11.4. The Balaban J connectivity index is 2.08. The van der Waals surface area contributed by atoms with Crippen LogP contribution in [0.2, 0.25) is 5.15 Å². The number of ether oxygens (including phenoxy) is 1. The number of methoxy groups -OCH3 is 1. The first-order valence-corrected chi connectivity index (χ1v) is 7.40. The van der Waals surface area contributed by atoms with Gasteiger partial charge in [0.15, 0.2) is 10.0 Å². The van der Waals surface area contributed by atoms with Crippen LogP contribution < -0.4 is 0 Å². The van der Waals surface area contributed by atoms with Gasteiger partial charge >= 0.3 is 5.97 Å². The van der Waals surface area contributed by atoms with Crippen molar-refractivity contribution in [2.24, 2.45) is 0 Å². The number of nitrogens with zero attached hydrogens (tertiary/aromatic N) is 2. The minimum absolute atomic E-state index is 0.170. The second-order valence-corrected chi connectivity index (χ2v) is 5.85. The molecule has 6 heteroatoms. The van der Waals surface area contributed by atoms with E-state index in [0.717, 1.165) is 22.2 Å². The predicted molar refractivity (Wildman–Crippen MR) is 83.9 cm³/mol. The number of carbonyl (C=O) groups is 1. The van der Waals surface area contributed by atoms with Crippen molar-refractivity contribution in [3.05, 3.63) is 46.1 Å². The smallest absolute Gasteiger partial charge is 0.351 e. The zero-order valence-corrected chi connectivity index (χ0v) is 13.0. The summed E-state index contributed by atoms with van der Waals surface area (Å²) in [4.78, 5) is 20.6. The molecule has 1 aromatic carbocycles. The number of benzene rings is 1. The summed E-state index contributed by atoms with van der Waals surface area (Å²) in [7, 11) is 1.32. The highest BCUT2D eigenvalue weighted by molar-refractivity contribution is 7.17. The van der Waals surface area contributed by atoms with Crippen LogP contribution in [0.1, 0.15) is 15.4 Å². The molecule has 2 heterocycles. The number of esters is 1. The standard InChI is InChI=1S/C15H11ClN2O2S/c1-8-3-4-9-7-10(5-6-11(9)17-8)14-18-13(16)12(21-14)15(19)20-2/h3-7H,1-2H3. The molecule has 0 N–H and O–H groups in total. The summed E-state index contributed by atoms with van der Waals surface area (Å²) in [6.07, 6.45) is 0. The molecule has 0 amide bonds. The number of fused-ring (bicyclic) bond motifs is 1. The number of halogens is 1. The molecular formula is C15H11ClN2O2S. The maximum absolute atomic E-state index is 11.6. The third-order valence-electron chi connectivity index (χ3n) is 3.03. The Morgan fingerprint density at radius 1 is 1.24 bits per heavy atom. The lowest BCUT2D eigenvalue weighted by molar-refractivity contribution is 0.0606. The molecule has 3 rings (SSSR count). The molecule has 0 bridgehead atoms. The number of pyridine rings is 1. The number of thiazole rings is 1. The first-order chi connectivity index (χ1) is 10.1. The molecule has 4 nitrogen and oxygen atoms in total. The molecule has 0 aliphatic rings. The van der Waals surface area contributed by atoms with Crippen LogP contribution >= 0.6 is 22.9 Å². The summed E-state index contributed by atoms with van der Waals surface area (Å²) in [5, 5.41) is 1.87. The van der Waals surface area contributed by atoms with Crippen LogP contribution in [-0.2, 0) is 4.74 Å². The topological polar surface area (TPSA) is 52.1 Å². The van der Waals surface area contributed by atoms with Gasteiger partial charge in [-0.15, -0.1) is 11.3 Å². The van der Waals surface area contributed by atoms with Gasteiger partial charge in [-0.3, -0.25) is 4.98 Å². The Kier molecular flexibility index (Phi) is 3.61. The Bertz CT molecular complexity index is 845. The Hall–Kier alpha value is -1.98. The van der Waals surface area contributed by atoms with Gasteiger partial charge in [-0.2, -0.15) is 0 Å². The summed E-state index contributed by atoms with van der Waals surface area (Å²) < 4.78 is 4.69. The lowest BCUT2D eigenvalue weighted by Gasteiger charge is -2.01. The second-order valence-electron chi connectivity index (χ2n) is 4.49. The van der Waals surface area contributed by atoms with Crippen LogP contribution in [0.5, 0.6) is 0 Å². The molecule has 0 aliphatic carbocycles. The quantitative estimate of drug-likeness (QED) is 0.667. The molecule has 0 spiro atoms. The van der Waals surface area contributed by atoms with Gasteiger partial charge in [0.2, 0.25) is 0 Å². The van der Waals surface area contributed by atoms with E-state index in [1.165, 1.54) is 18.4 Å². The molecule has 2 aromatic heterocycles. The summed E-state index contributed by atoms with van der Waals surface area (Å²) in [5.41, 5.74) is 2.80. The van der Waals surface area contributed by atoms with Gasteiger partial charge in [0, 0.05) is 16.6 Å². The zero-order chi connectivity index (χ0) is 15.0. The monoisotopic (exact) mass is 318 g/mol. The third-order valence-corrected chi connectivity index (χ3v) is 4.50. The maximum Gasteiger partial charge on any atom is 0.351 e. The molecule has 0 aliphatic heterocycles. The lowest BCUT2D eigenvalue weighted by Crippen LogP contribution is -1.98. The minimum Gasteiger partial charge on any atom is -0.465 e. The van der Waals surface area contributed by atoms with Crippen molar-refractivity contribution >= 4 is 39.8 Å². The highest BCUT2D eigenvalue weighted by Gasteiger charge is 2.18. The van der Waals surface area contributed by atoms with Crippen LogP contribution in [0.4, 0.5) is 0 Å². The van der Waals surface area contributed by atoms with Gasteiger partial charge in [-0.1, -0.05) is 17.7 Å². The fraction of sp³-hybridized carbons (Fsp3) is 0.133. The van der Waals surface area contributed by atoms with Crippen molar-refractivity contribution in [3.8, 4) is 10.6 Å². The third kappa shape index (κ3) is 2.62. The number of aromatic nitrogens is 2. The van der Waals surface area contributed by atoms with E-state index >= 15 is 0 Å². The highest BCUT2D eigenvalue weighted by atomic mass is 35.5. The molecule has 106 valence electrons. The molecule has 21 heavy (non-hydrogen) atoms. The van der Waals surface area contributed by atoms with Crippen molar-refractivity contribution in [2.75, 3.05) is 7.11 Å². The Labute approximate surface area is 130 Å². The molecule has 0 radical (unpaired) electrons. The van der Waals surface area contributed by atoms with E-state index in [1.807, 2.05) is 37.3 Å². The van der Waals surface area contributed by atoms with E-state index in [4.69, 9.17) is 11.6 Å². The van der Waals surface area contributed by atoms with Crippen molar-refractivity contribution in [1.82, 2.24) is 9.97 Å². The average Bonchev–Trinajstić information content (AvgIpc) is 2.88. The SMILES string of the molecule is COC(=O)c1sc(-c2ccc3nc(C)ccc3c2)nc1Cl. The number of aryl methyl sites for hydroxylation is 1. The van der Waals surface area contributed by atoms with Crippen molar-refractivity contribution in [3.63, 3.8) is 0 Å². The molecular weight excluding hydrogens is 308 g/mol. The highest BCUT2D eigenvalue weighted by Crippen LogP contribution is 2.32. The van der Waals surface area contributed by atoms with Crippen LogP contribution in [0, 0.1) is 6.92 Å². The van der Waals surface area contributed by atoms with E-state index in [0.29, 0.717) is 9.88 Å². The van der Waals surface area contributed by atoms with E-state index in [1.54, 1.807) is 0 Å². The van der Waals surface area contributed by atoms with Gasteiger partial charge < -0.3 is 4.74 Å². The van der Waals surface area contributed by atoms with E-state index in [-0.39, 0.29) is 5.15 Å². The van der Waals surface area contributed by atoms with Crippen LogP contribution in [0.15, 0.2) is 30.3 Å². The number of hydrogen-bond acceptors (Lipinski definition) is 5. The first kappa shape index (κ1) is 14.0. The molecule has 3 aromatic rings. The van der Waals surface area contributed by atoms with Crippen LogP contribution in [0.25, 0.3) is 21.5 Å². The molecule has 0 atom stereocenters. The maximum atomic E-state index is 11.6. The van der Waals surface area contributed by atoms with Gasteiger partial charge in [-0.05, 0) is 31.2 Å². The molecule has 0 saturated heterocycles. The van der Waals surface area contributed by atoms with Crippen molar-refractivity contribution < 1.29 is 9.53 Å². The summed E-state index contributed by atoms with van der Waals surface area (Å²) in [6.45, 7) is 1.95. The summed E-state index contributed by atoms with van der Waals surface area (Å²) >= 11 is 7.21. The minimum atomic E-state index is -0.471. The summed E-state index contributed by atoms with van der Waals surface area (Å²) in [5.74, 6) is -0.471. The van der Waals surface area contributed by atoms with Crippen LogP contribution in [0.3, 0.4) is 0 Å². The average molecular weight is 319 g/mol. The van der Waals surface area contributed by atoms with Gasteiger partial charge in [0.05, 0.1) is 12.6 Å². The molecule has 0 fully saturated rings. The molecule has 0 saturated carbocycles. The normalized spacial score (nSPS) is 10.8. The van der Waals surface area contributed by atoms with Gasteiger partial charge in [0.25, 0.3) is 0 Å². The van der Waals surface area contributed by atoms with E-state index in [2.05, 4.69) is 14.7 Å². The Morgan fingerprint density at radius 3 is 2.81 bits per heavy atom. The summed E-state index contributed by atoms with van der Waals surface area (Å²) in [6, 6.07) is 9.81. The number of rotatable bonds is 2. The lowest BCUT2D eigenvalue weighted by atomic mass is 10.1.